The van der Waals surface area contributed by atoms with E-state index in [4.69, 9.17) is 14.5 Å². The fraction of sp³-hybridized carbons (Fsp3) is 0.543. The van der Waals surface area contributed by atoms with Gasteiger partial charge in [0.25, 0.3) is 0 Å². The molecule has 0 radical (unpaired) electrons. The van der Waals surface area contributed by atoms with Crippen molar-refractivity contribution in [2.45, 2.75) is 91.2 Å². The number of pyridine rings is 1. The van der Waals surface area contributed by atoms with E-state index in [2.05, 4.69) is 13.8 Å². The van der Waals surface area contributed by atoms with Crippen molar-refractivity contribution in [3.8, 4) is 17.0 Å². The zero-order valence-corrected chi connectivity index (χ0v) is 25.9. The number of aromatic nitrogens is 1. The highest BCUT2D eigenvalue weighted by atomic mass is 16.5. The number of carbonyl (C=O) groups is 3. The van der Waals surface area contributed by atoms with E-state index in [1.165, 1.54) is 6.92 Å². The molecule has 42 heavy (non-hydrogen) atoms. The van der Waals surface area contributed by atoms with Crippen molar-refractivity contribution in [1.29, 1.82) is 0 Å². The van der Waals surface area contributed by atoms with Gasteiger partial charge >= 0.3 is 0 Å². The molecule has 2 fully saturated rings. The van der Waals surface area contributed by atoms with Crippen LogP contribution in [0.5, 0.6) is 5.75 Å². The number of rotatable bonds is 5. The lowest BCUT2D eigenvalue weighted by Crippen LogP contribution is -2.58. The van der Waals surface area contributed by atoms with E-state index in [9.17, 15) is 14.4 Å². The van der Waals surface area contributed by atoms with Crippen LogP contribution < -0.4 is 4.74 Å². The summed E-state index contributed by atoms with van der Waals surface area (Å²) in [6.07, 6.45) is 4.90. The number of amides is 1. The normalized spacial score (nSPS) is 26.5. The monoisotopic (exact) mass is 570 g/mol. The first-order valence-corrected chi connectivity index (χ1v) is 15.3. The largest absolute Gasteiger partial charge is 0.496 e. The number of ether oxygens (including phenoxy) is 2. The van der Waals surface area contributed by atoms with Gasteiger partial charge in [-0.05, 0) is 67.3 Å². The molecule has 1 spiro atoms. The minimum Gasteiger partial charge on any atom is -0.496 e. The average molecular weight is 571 g/mol. The van der Waals surface area contributed by atoms with E-state index in [1.807, 2.05) is 50.1 Å². The standard InChI is InChI=1S/C35H42N2O5/c1-18(2)24-15-27-31(34(40)37(24)6)32(30-25(39)16-35(13-8-14-35)17-28(30)42-27)29-20(4)22(10-12-26(29)41-7)23-11-9-19(3)33(36-23)21(5)38/h9-12,18,24,27,31-32H,8,13-17H2,1-7H3/t24-,27-,31-,32-/m0/s1. The molecule has 0 N–H and O–H groups in total. The van der Waals surface area contributed by atoms with Gasteiger partial charge in [0.1, 0.15) is 23.3 Å². The molecule has 1 amide bonds. The molecule has 0 unspecified atom stereocenters. The number of benzene rings is 1. The number of hydrogen-bond donors (Lipinski definition) is 0. The molecule has 0 bridgehead atoms. The van der Waals surface area contributed by atoms with Crippen LogP contribution in [-0.2, 0) is 14.3 Å². The third-order valence-corrected chi connectivity index (χ3v) is 10.5. The molecule has 1 saturated carbocycles. The van der Waals surface area contributed by atoms with Crippen LogP contribution >= 0.6 is 0 Å². The van der Waals surface area contributed by atoms with Crippen molar-refractivity contribution < 1.29 is 23.9 Å². The Bertz CT molecular complexity index is 1520. The predicted molar refractivity (Wildman–Crippen MR) is 160 cm³/mol. The third-order valence-electron chi connectivity index (χ3n) is 10.5. The number of Topliss-reactive ketones (excluding diaryl/α,β-unsaturated/α-hetero) is 2. The van der Waals surface area contributed by atoms with Gasteiger partial charge in [-0.15, -0.1) is 0 Å². The lowest BCUT2D eigenvalue weighted by Gasteiger charge is -2.53. The number of aryl methyl sites for hydroxylation is 1. The topological polar surface area (TPSA) is 85.8 Å². The molecule has 7 nitrogen and oxygen atoms in total. The maximum absolute atomic E-state index is 14.3. The number of likely N-dealkylation sites (tertiary alicyclic amines) is 1. The van der Waals surface area contributed by atoms with Crippen LogP contribution in [0.2, 0.25) is 0 Å². The first-order chi connectivity index (χ1) is 20.0. The summed E-state index contributed by atoms with van der Waals surface area (Å²) < 4.78 is 12.7. The molecule has 6 rings (SSSR count). The van der Waals surface area contributed by atoms with Crippen LogP contribution in [0.15, 0.2) is 35.6 Å². The van der Waals surface area contributed by atoms with Crippen molar-refractivity contribution in [1.82, 2.24) is 9.88 Å². The van der Waals surface area contributed by atoms with E-state index >= 15 is 0 Å². The van der Waals surface area contributed by atoms with E-state index in [1.54, 1.807) is 7.11 Å². The summed E-state index contributed by atoms with van der Waals surface area (Å²) in [7, 11) is 3.52. The highest BCUT2D eigenvalue weighted by Crippen LogP contribution is 2.59. The molecule has 2 aromatic rings. The van der Waals surface area contributed by atoms with Crippen molar-refractivity contribution in [2.75, 3.05) is 14.2 Å². The number of methoxy groups -OCH3 is 1. The van der Waals surface area contributed by atoms with Gasteiger partial charge in [0.15, 0.2) is 11.6 Å². The van der Waals surface area contributed by atoms with Gasteiger partial charge in [0.2, 0.25) is 5.91 Å². The second-order valence-corrected chi connectivity index (χ2v) is 13.4. The summed E-state index contributed by atoms with van der Waals surface area (Å²) in [6.45, 7) is 9.72. The van der Waals surface area contributed by atoms with Crippen LogP contribution in [0.25, 0.3) is 11.3 Å². The van der Waals surface area contributed by atoms with Gasteiger partial charge in [-0.1, -0.05) is 26.3 Å². The van der Waals surface area contributed by atoms with Crippen molar-refractivity contribution in [3.63, 3.8) is 0 Å². The quantitative estimate of drug-likeness (QED) is 0.390. The molecule has 2 aliphatic heterocycles. The maximum Gasteiger partial charge on any atom is 0.230 e. The minimum atomic E-state index is -0.537. The number of nitrogens with zero attached hydrogens (tertiary/aromatic N) is 2. The highest BCUT2D eigenvalue weighted by Gasteiger charge is 2.56. The average Bonchev–Trinajstić information content (AvgIpc) is 2.93. The second kappa shape index (κ2) is 10.4. The Morgan fingerprint density at radius 3 is 2.48 bits per heavy atom. The first kappa shape index (κ1) is 28.6. The fourth-order valence-corrected chi connectivity index (χ4v) is 8.14. The van der Waals surface area contributed by atoms with Gasteiger partial charge < -0.3 is 14.4 Å². The Kier molecular flexibility index (Phi) is 7.06. The Balaban J connectivity index is 1.57. The molecule has 4 atom stereocenters. The molecule has 3 heterocycles. The molecular formula is C35H42N2O5. The number of fused-ring (bicyclic) bond motifs is 1. The molecule has 2 aliphatic carbocycles. The molecule has 1 saturated heterocycles. The number of allylic oxidation sites excluding steroid dienone is 2. The maximum atomic E-state index is 14.3. The van der Waals surface area contributed by atoms with Gasteiger partial charge in [0, 0.05) is 61.9 Å². The zero-order valence-electron chi connectivity index (χ0n) is 25.9. The number of ketones is 2. The highest BCUT2D eigenvalue weighted by molar-refractivity contribution is 6.01. The Labute approximate surface area is 248 Å². The van der Waals surface area contributed by atoms with E-state index in [0.717, 1.165) is 60.1 Å². The summed E-state index contributed by atoms with van der Waals surface area (Å²) in [5, 5.41) is 0. The lowest BCUT2D eigenvalue weighted by molar-refractivity contribution is -0.155. The van der Waals surface area contributed by atoms with E-state index in [0.29, 0.717) is 29.1 Å². The van der Waals surface area contributed by atoms with E-state index < -0.39 is 11.8 Å². The van der Waals surface area contributed by atoms with Crippen LogP contribution in [-0.4, -0.2) is 53.7 Å². The summed E-state index contributed by atoms with van der Waals surface area (Å²) in [6, 6.07) is 7.78. The summed E-state index contributed by atoms with van der Waals surface area (Å²) >= 11 is 0. The summed E-state index contributed by atoms with van der Waals surface area (Å²) in [5.74, 6) is 0.714. The lowest BCUT2D eigenvalue weighted by atomic mass is 9.57. The Morgan fingerprint density at radius 1 is 1.12 bits per heavy atom. The first-order valence-electron chi connectivity index (χ1n) is 15.3. The SMILES string of the molecule is COc1ccc(-c2ccc(C)c(C(C)=O)n2)c(C)c1[C@H]1C2=C(CC3(CCC3)CC2=O)O[C@H]2C[C@@H](C(C)C)N(C)C(=O)[C@@H]21. The molecular weight excluding hydrogens is 528 g/mol. The molecule has 1 aromatic heterocycles. The van der Waals surface area contributed by atoms with Crippen LogP contribution in [0.3, 0.4) is 0 Å². The number of hydrogen-bond acceptors (Lipinski definition) is 6. The third kappa shape index (κ3) is 4.38. The van der Waals surface area contributed by atoms with Crippen molar-refractivity contribution in [2.24, 2.45) is 17.3 Å². The van der Waals surface area contributed by atoms with Gasteiger partial charge in [-0.2, -0.15) is 0 Å². The predicted octanol–water partition coefficient (Wildman–Crippen LogP) is 6.35. The smallest absolute Gasteiger partial charge is 0.230 e. The Morgan fingerprint density at radius 2 is 1.86 bits per heavy atom. The molecule has 1 aromatic carbocycles. The van der Waals surface area contributed by atoms with Crippen molar-refractivity contribution >= 4 is 17.5 Å². The van der Waals surface area contributed by atoms with Crippen LogP contribution in [0.4, 0.5) is 0 Å². The zero-order chi connectivity index (χ0) is 30.1. The molecule has 222 valence electrons. The van der Waals surface area contributed by atoms with Gasteiger partial charge in [0.05, 0.1) is 18.7 Å². The minimum absolute atomic E-state index is 0.00386. The van der Waals surface area contributed by atoms with Gasteiger partial charge in [-0.25, -0.2) is 4.98 Å². The second-order valence-electron chi connectivity index (χ2n) is 13.4. The van der Waals surface area contributed by atoms with E-state index in [-0.39, 0.29) is 41.0 Å². The fourth-order valence-electron chi connectivity index (χ4n) is 8.14. The van der Waals surface area contributed by atoms with Crippen molar-refractivity contribution in [3.05, 3.63) is 58.0 Å². The number of piperidine rings is 1. The number of carbonyl (C=O) groups excluding carboxylic acids is 3. The summed E-state index contributed by atoms with van der Waals surface area (Å²) in [5.41, 5.74) is 5.19. The molecule has 4 aliphatic rings. The Hall–Kier alpha value is -3.48. The molecule has 7 heteroatoms. The van der Waals surface area contributed by atoms with Crippen LogP contribution in [0.1, 0.15) is 92.4 Å². The summed E-state index contributed by atoms with van der Waals surface area (Å²) in [4.78, 5) is 47.4. The van der Waals surface area contributed by atoms with Gasteiger partial charge in [-0.3, -0.25) is 14.4 Å². The van der Waals surface area contributed by atoms with Crippen LogP contribution in [0, 0.1) is 31.1 Å².